The molecule has 0 aromatic carbocycles. The molecule has 5 aliphatic rings. The first-order chi connectivity index (χ1) is 16.3. The molecule has 6 nitrogen and oxygen atoms in total. The lowest BCUT2D eigenvalue weighted by Crippen LogP contribution is -2.73. The average molecular weight is 491 g/mol. The van der Waals surface area contributed by atoms with Crippen LogP contribution < -0.4 is 0 Å². The molecule has 4 saturated carbocycles. The molecule has 5 rings (SSSR count). The van der Waals surface area contributed by atoms with Crippen LogP contribution in [0.5, 0.6) is 0 Å². The van der Waals surface area contributed by atoms with E-state index in [1.807, 2.05) is 0 Å². The summed E-state index contributed by atoms with van der Waals surface area (Å²) in [6.07, 6.45) is 4.34. The number of cyclic esters (lactones) is 1. The van der Waals surface area contributed by atoms with E-state index in [1.54, 1.807) is 0 Å². The van der Waals surface area contributed by atoms with E-state index in [2.05, 4.69) is 34.6 Å². The highest BCUT2D eigenvalue weighted by molar-refractivity contribution is 5.85. The van der Waals surface area contributed by atoms with Gasteiger partial charge in [0.15, 0.2) is 0 Å². The van der Waals surface area contributed by atoms with Crippen molar-refractivity contribution in [2.45, 2.75) is 116 Å². The van der Waals surface area contributed by atoms with Gasteiger partial charge in [-0.25, -0.2) is 0 Å². The number of hydrogen-bond acceptors (Lipinski definition) is 6. The quantitative estimate of drug-likeness (QED) is 0.519. The minimum Gasteiger partial charge on any atom is -0.462 e. The molecule has 12 atom stereocenters. The number of carbonyl (C=O) groups is 2. The van der Waals surface area contributed by atoms with E-state index in [-0.39, 0.29) is 35.6 Å². The Balaban J connectivity index is 1.47. The summed E-state index contributed by atoms with van der Waals surface area (Å²) in [6.45, 7) is 10.7. The zero-order valence-corrected chi connectivity index (χ0v) is 22.2. The van der Waals surface area contributed by atoms with E-state index in [0.29, 0.717) is 37.5 Å². The molecule has 1 saturated heterocycles. The summed E-state index contributed by atoms with van der Waals surface area (Å²) in [5, 5.41) is 35.0. The molecule has 7 unspecified atom stereocenters. The van der Waals surface area contributed by atoms with Gasteiger partial charge in [-0.3, -0.25) is 9.59 Å². The van der Waals surface area contributed by atoms with E-state index < -0.39 is 40.5 Å². The summed E-state index contributed by atoms with van der Waals surface area (Å²) in [7, 11) is 0. The number of aliphatic hydroxyl groups excluding tert-OH is 2. The number of hydrogen-bond donors (Lipinski definition) is 3. The number of Topliss-reactive ketones (excluding diaryl/α,β-unsaturated/α-hetero) is 1. The van der Waals surface area contributed by atoms with Crippen molar-refractivity contribution in [3.05, 3.63) is 0 Å². The van der Waals surface area contributed by atoms with Crippen molar-refractivity contribution >= 4 is 11.8 Å². The third kappa shape index (κ3) is 3.52. The van der Waals surface area contributed by atoms with Crippen LogP contribution in [0.15, 0.2) is 0 Å². The number of fused-ring (bicyclic) bond motifs is 5. The minimum atomic E-state index is -1.16. The van der Waals surface area contributed by atoms with Crippen molar-refractivity contribution in [1.82, 2.24) is 0 Å². The van der Waals surface area contributed by atoms with E-state index in [4.69, 9.17) is 4.74 Å². The number of rotatable bonds is 3. The lowest BCUT2D eigenvalue weighted by atomic mass is 9.41. The van der Waals surface area contributed by atoms with Crippen LogP contribution in [0.3, 0.4) is 0 Å². The van der Waals surface area contributed by atoms with Crippen molar-refractivity contribution in [2.24, 2.45) is 52.3 Å². The molecule has 1 aliphatic heterocycles. The Morgan fingerprint density at radius 3 is 2.37 bits per heavy atom. The number of carbonyl (C=O) groups excluding carboxylic acids is 2. The first kappa shape index (κ1) is 25.7. The minimum absolute atomic E-state index is 0.0225. The van der Waals surface area contributed by atoms with Gasteiger partial charge in [0.25, 0.3) is 0 Å². The Morgan fingerprint density at radius 2 is 1.69 bits per heavy atom. The molecule has 198 valence electrons. The molecule has 6 heteroatoms. The fourth-order valence-electron chi connectivity index (χ4n) is 9.81. The molecule has 0 spiro atoms. The van der Waals surface area contributed by atoms with Gasteiger partial charge in [-0.1, -0.05) is 47.5 Å². The van der Waals surface area contributed by atoms with Gasteiger partial charge in [0.1, 0.15) is 11.9 Å². The normalized spacial score (nSPS) is 52.9. The first-order valence-corrected chi connectivity index (χ1v) is 14.2. The van der Waals surface area contributed by atoms with Gasteiger partial charge in [0, 0.05) is 30.1 Å². The van der Waals surface area contributed by atoms with E-state index in [1.165, 1.54) is 0 Å². The molecule has 0 aromatic heterocycles. The maximum atomic E-state index is 13.8. The summed E-state index contributed by atoms with van der Waals surface area (Å²) < 4.78 is 5.86. The van der Waals surface area contributed by atoms with Crippen molar-refractivity contribution in [3.8, 4) is 0 Å². The molecule has 0 amide bonds. The van der Waals surface area contributed by atoms with Crippen LogP contribution in [-0.2, 0) is 14.3 Å². The molecule has 35 heavy (non-hydrogen) atoms. The largest absolute Gasteiger partial charge is 0.462 e. The number of esters is 1. The van der Waals surface area contributed by atoms with Crippen LogP contribution >= 0.6 is 0 Å². The van der Waals surface area contributed by atoms with Crippen molar-refractivity contribution in [3.63, 3.8) is 0 Å². The number of ether oxygens (including phenoxy) is 1. The molecular formula is C29H46O6. The summed E-state index contributed by atoms with van der Waals surface area (Å²) in [5.41, 5.74) is -2.05. The van der Waals surface area contributed by atoms with Gasteiger partial charge >= 0.3 is 5.97 Å². The molecule has 0 bridgehead atoms. The van der Waals surface area contributed by atoms with Crippen molar-refractivity contribution in [2.75, 3.05) is 0 Å². The second kappa shape index (κ2) is 8.52. The standard InChI is InChI=1S/C29H46O6/c1-15(2)17-12-21(35-22(31)13-17)16(3)19-14-20(30)23-24-26(33)25(32)18-8-6-7-9-28(18,5)29(24,34)11-10-27(19,23)4/h15-19,21,23-26,32-34H,6-14H2,1-5H3/t16?,17?,18?,19?,21?,23?,24?,25-,26-,27-,28+,29-/m1/s1. The molecule has 4 aliphatic carbocycles. The van der Waals surface area contributed by atoms with Crippen LogP contribution in [0.25, 0.3) is 0 Å². The molecule has 0 aromatic rings. The fraction of sp³-hybridized carbons (Fsp3) is 0.931. The summed E-state index contributed by atoms with van der Waals surface area (Å²) >= 11 is 0. The average Bonchev–Trinajstić information content (AvgIpc) is 3.07. The highest BCUT2D eigenvalue weighted by Crippen LogP contribution is 2.69. The van der Waals surface area contributed by atoms with Gasteiger partial charge < -0.3 is 20.1 Å². The van der Waals surface area contributed by atoms with Crippen LogP contribution in [0.1, 0.15) is 92.4 Å². The highest BCUT2D eigenvalue weighted by Gasteiger charge is 2.73. The van der Waals surface area contributed by atoms with E-state index >= 15 is 0 Å². The Bertz CT molecular complexity index is 871. The Hall–Kier alpha value is -0.980. The predicted octanol–water partition coefficient (Wildman–Crippen LogP) is 3.88. The van der Waals surface area contributed by atoms with Gasteiger partial charge in [-0.15, -0.1) is 0 Å². The fourth-order valence-corrected chi connectivity index (χ4v) is 9.81. The van der Waals surface area contributed by atoms with Gasteiger partial charge in [-0.05, 0) is 67.1 Å². The lowest BCUT2D eigenvalue weighted by molar-refractivity contribution is -0.291. The number of aliphatic hydroxyl groups is 3. The maximum absolute atomic E-state index is 13.8. The first-order valence-electron chi connectivity index (χ1n) is 14.2. The van der Waals surface area contributed by atoms with Crippen molar-refractivity contribution < 1.29 is 29.6 Å². The third-order valence-electron chi connectivity index (χ3n) is 12.1. The van der Waals surface area contributed by atoms with Crippen LogP contribution in [0.4, 0.5) is 0 Å². The molecule has 3 N–H and O–H groups in total. The Kier molecular flexibility index (Phi) is 6.25. The molecular weight excluding hydrogens is 444 g/mol. The van der Waals surface area contributed by atoms with Crippen molar-refractivity contribution in [1.29, 1.82) is 0 Å². The smallest absolute Gasteiger partial charge is 0.306 e. The highest BCUT2D eigenvalue weighted by atomic mass is 16.5. The zero-order chi connectivity index (χ0) is 25.5. The van der Waals surface area contributed by atoms with Gasteiger partial charge in [-0.2, -0.15) is 0 Å². The topological polar surface area (TPSA) is 104 Å². The molecule has 5 fully saturated rings. The summed E-state index contributed by atoms with van der Waals surface area (Å²) in [4.78, 5) is 26.2. The lowest BCUT2D eigenvalue weighted by Gasteiger charge is -2.67. The molecule has 0 radical (unpaired) electrons. The van der Waals surface area contributed by atoms with Crippen LogP contribution in [-0.4, -0.2) is 51.0 Å². The molecule has 1 heterocycles. The Morgan fingerprint density at radius 1 is 0.971 bits per heavy atom. The third-order valence-corrected chi connectivity index (χ3v) is 12.1. The van der Waals surface area contributed by atoms with Gasteiger partial charge in [0.05, 0.1) is 17.8 Å². The predicted molar refractivity (Wildman–Crippen MR) is 131 cm³/mol. The van der Waals surface area contributed by atoms with E-state index in [0.717, 1.165) is 32.1 Å². The SMILES string of the molecule is CC(C)C1CC(=O)OC(C(C)C2CC(=O)C3C4[C@@H](O)[C@H](O)C5CCCC[C@]5(C)[C@@]4(O)CC[C@]23C)C1. The Labute approximate surface area is 210 Å². The maximum Gasteiger partial charge on any atom is 0.306 e. The zero-order valence-electron chi connectivity index (χ0n) is 22.2. The summed E-state index contributed by atoms with van der Waals surface area (Å²) in [6, 6.07) is 0. The van der Waals surface area contributed by atoms with Gasteiger partial charge in [0.2, 0.25) is 0 Å². The second-order valence-corrected chi connectivity index (χ2v) is 13.8. The monoisotopic (exact) mass is 490 g/mol. The van der Waals surface area contributed by atoms with E-state index in [9.17, 15) is 24.9 Å². The second-order valence-electron chi connectivity index (χ2n) is 13.8. The summed E-state index contributed by atoms with van der Waals surface area (Å²) in [5.74, 6) is -0.590. The van der Waals surface area contributed by atoms with Crippen LogP contribution in [0, 0.1) is 52.3 Å². The number of ketones is 1. The van der Waals surface area contributed by atoms with Crippen LogP contribution in [0.2, 0.25) is 0 Å².